The highest BCUT2D eigenvalue weighted by atomic mass is 32.2. The number of carboxylic acids is 1. The summed E-state index contributed by atoms with van der Waals surface area (Å²) < 4.78 is 43.7. The maximum absolute atomic E-state index is 11.7. The van der Waals surface area contributed by atoms with Gasteiger partial charge in [-0.1, -0.05) is 12.1 Å². The van der Waals surface area contributed by atoms with Crippen molar-refractivity contribution in [2.24, 2.45) is 0 Å². The molecule has 1 atom stereocenters. The second kappa shape index (κ2) is 12.7. The van der Waals surface area contributed by atoms with E-state index in [1.54, 1.807) is 25.3 Å². The van der Waals surface area contributed by atoms with Gasteiger partial charge in [-0.25, -0.2) is 4.21 Å². The lowest BCUT2D eigenvalue weighted by molar-refractivity contribution is -0.137. The monoisotopic (exact) mass is 479 g/mol. The first-order valence-corrected chi connectivity index (χ1v) is 11.3. The second-order valence-corrected chi connectivity index (χ2v) is 7.80. The molecule has 3 N–H and O–H groups in total. The van der Waals surface area contributed by atoms with Gasteiger partial charge in [-0.05, 0) is 36.2 Å². The number of para-hydroxylation sites is 1. The number of benzene rings is 2. The predicted molar refractivity (Wildman–Crippen MR) is 127 cm³/mol. The SMILES string of the molecule is COC(=C(OC)c1ccccc1OC)c1cc(OC)c(NCCCC(=O)O)cc1CS(=O)O. The number of methoxy groups -OCH3 is 4. The van der Waals surface area contributed by atoms with Crippen LogP contribution in [0.2, 0.25) is 0 Å². The second-order valence-electron chi connectivity index (χ2n) is 6.87. The number of carboxylic acid groups (broad SMARTS) is 1. The van der Waals surface area contributed by atoms with Crippen molar-refractivity contribution in [2.75, 3.05) is 40.3 Å². The predicted octanol–water partition coefficient (Wildman–Crippen LogP) is 3.82. The lowest BCUT2D eigenvalue weighted by Gasteiger charge is -2.20. The van der Waals surface area contributed by atoms with Crippen LogP contribution in [0.5, 0.6) is 11.5 Å². The highest BCUT2D eigenvalue weighted by molar-refractivity contribution is 7.78. The summed E-state index contributed by atoms with van der Waals surface area (Å²) in [7, 11) is 6.03. The molecule has 33 heavy (non-hydrogen) atoms. The zero-order valence-corrected chi connectivity index (χ0v) is 19.9. The van der Waals surface area contributed by atoms with Gasteiger partial charge in [0.15, 0.2) is 22.6 Å². The molecular weight excluding hydrogens is 450 g/mol. The lowest BCUT2D eigenvalue weighted by Crippen LogP contribution is -2.09. The summed E-state index contributed by atoms with van der Waals surface area (Å²) in [5.74, 6) is 0.688. The maximum atomic E-state index is 11.7. The molecule has 0 amide bonds. The van der Waals surface area contributed by atoms with E-state index in [4.69, 9.17) is 24.1 Å². The fraction of sp³-hybridized carbons (Fsp3) is 0.348. The third kappa shape index (κ3) is 6.87. The van der Waals surface area contributed by atoms with E-state index in [2.05, 4.69) is 5.32 Å². The van der Waals surface area contributed by atoms with E-state index in [1.807, 2.05) is 18.2 Å². The molecule has 180 valence electrons. The first-order chi connectivity index (χ1) is 15.9. The van der Waals surface area contributed by atoms with Crippen LogP contribution in [0.25, 0.3) is 11.5 Å². The van der Waals surface area contributed by atoms with Crippen LogP contribution in [-0.2, 0) is 31.1 Å². The fourth-order valence-electron chi connectivity index (χ4n) is 3.34. The molecule has 10 heteroatoms. The molecule has 0 aliphatic carbocycles. The topological polar surface area (TPSA) is 124 Å². The molecule has 0 bridgehead atoms. The van der Waals surface area contributed by atoms with Gasteiger partial charge in [0.2, 0.25) is 0 Å². The largest absolute Gasteiger partial charge is 0.496 e. The summed E-state index contributed by atoms with van der Waals surface area (Å²) in [5, 5.41) is 12.0. The van der Waals surface area contributed by atoms with Crippen molar-refractivity contribution in [3.05, 3.63) is 53.1 Å². The van der Waals surface area contributed by atoms with Crippen molar-refractivity contribution < 1.29 is 37.6 Å². The van der Waals surface area contributed by atoms with Crippen LogP contribution in [0.4, 0.5) is 5.69 Å². The molecular formula is C23H29NO8S. The van der Waals surface area contributed by atoms with Gasteiger partial charge in [0, 0.05) is 18.5 Å². The molecule has 2 rings (SSSR count). The van der Waals surface area contributed by atoms with Crippen LogP contribution < -0.4 is 14.8 Å². The van der Waals surface area contributed by atoms with Gasteiger partial charge in [-0.2, -0.15) is 0 Å². The van der Waals surface area contributed by atoms with Crippen LogP contribution in [0.3, 0.4) is 0 Å². The Morgan fingerprint density at radius 3 is 2.18 bits per heavy atom. The molecule has 0 radical (unpaired) electrons. The number of aliphatic carboxylic acids is 1. The van der Waals surface area contributed by atoms with Gasteiger partial charge in [-0.15, -0.1) is 0 Å². The van der Waals surface area contributed by atoms with Gasteiger partial charge >= 0.3 is 5.97 Å². The third-order valence-corrected chi connectivity index (χ3v) is 5.36. The lowest BCUT2D eigenvalue weighted by atomic mass is 10.0. The first-order valence-electron chi connectivity index (χ1n) is 10.1. The Labute approximate surface area is 195 Å². The molecule has 0 aromatic heterocycles. The molecule has 0 aliphatic heterocycles. The van der Waals surface area contributed by atoms with Crippen LogP contribution in [-0.4, -0.2) is 54.8 Å². The van der Waals surface area contributed by atoms with E-state index in [9.17, 15) is 13.6 Å². The van der Waals surface area contributed by atoms with Crippen LogP contribution in [0.15, 0.2) is 36.4 Å². The van der Waals surface area contributed by atoms with E-state index >= 15 is 0 Å². The standard InChI is InChI=1S/C23H29NO8S/c1-29-19-9-6-5-8-16(19)22(31-3)23(32-4)17-13-20(30-2)18(12-15(17)14-33(27)28)24-11-7-10-21(25)26/h5-6,8-9,12-13,24H,7,10-11,14H2,1-4H3,(H,25,26)(H,27,28). The third-order valence-electron chi connectivity index (χ3n) is 4.80. The maximum Gasteiger partial charge on any atom is 0.303 e. The minimum atomic E-state index is -2.13. The van der Waals surface area contributed by atoms with Gasteiger partial charge in [-0.3, -0.25) is 4.79 Å². The Morgan fingerprint density at radius 2 is 1.61 bits per heavy atom. The van der Waals surface area contributed by atoms with Crippen LogP contribution in [0.1, 0.15) is 29.5 Å². The smallest absolute Gasteiger partial charge is 0.303 e. The molecule has 0 fully saturated rings. The zero-order chi connectivity index (χ0) is 24.4. The van der Waals surface area contributed by atoms with Crippen molar-refractivity contribution in [2.45, 2.75) is 18.6 Å². The molecule has 2 aromatic rings. The average molecular weight is 480 g/mol. The molecule has 0 spiro atoms. The molecule has 0 saturated carbocycles. The van der Waals surface area contributed by atoms with Crippen molar-refractivity contribution in [1.29, 1.82) is 0 Å². The molecule has 0 saturated heterocycles. The van der Waals surface area contributed by atoms with Crippen LogP contribution >= 0.6 is 0 Å². The summed E-state index contributed by atoms with van der Waals surface area (Å²) >= 11 is -2.13. The number of ether oxygens (including phenoxy) is 4. The number of hydrogen-bond acceptors (Lipinski definition) is 7. The van der Waals surface area contributed by atoms with Crippen LogP contribution in [0, 0.1) is 0 Å². The summed E-state index contributed by atoms with van der Waals surface area (Å²) in [6, 6.07) is 10.6. The number of hydrogen-bond donors (Lipinski definition) is 3. The van der Waals surface area contributed by atoms with E-state index in [-0.39, 0.29) is 12.2 Å². The summed E-state index contributed by atoms with van der Waals surface area (Å²) in [6.07, 6.45) is 0.430. The van der Waals surface area contributed by atoms with E-state index in [0.717, 1.165) is 0 Å². The minimum absolute atomic E-state index is 0.0214. The Bertz CT molecular complexity index is 1020. The summed E-state index contributed by atoms with van der Waals surface area (Å²) in [4.78, 5) is 10.8. The number of nitrogens with one attached hydrogen (secondary N) is 1. The van der Waals surface area contributed by atoms with Crippen molar-refractivity contribution in [1.82, 2.24) is 0 Å². The van der Waals surface area contributed by atoms with Gasteiger partial charge in [0.05, 0.1) is 45.4 Å². The molecule has 1 unspecified atom stereocenters. The summed E-state index contributed by atoms with van der Waals surface area (Å²) in [5.41, 5.74) is 2.23. The molecule has 0 aliphatic rings. The van der Waals surface area contributed by atoms with Gasteiger partial charge < -0.3 is 33.9 Å². The zero-order valence-electron chi connectivity index (χ0n) is 19.0. The van der Waals surface area contributed by atoms with Crippen molar-refractivity contribution in [3.63, 3.8) is 0 Å². The normalized spacial score (nSPS) is 12.4. The molecule has 0 heterocycles. The Balaban J connectivity index is 2.64. The first kappa shape index (κ1) is 26.0. The number of anilines is 1. The Hall–Kier alpha value is -3.24. The van der Waals surface area contributed by atoms with E-state index in [1.165, 1.54) is 21.3 Å². The number of rotatable bonds is 13. The minimum Gasteiger partial charge on any atom is -0.496 e. The summed E-state index contributed by atoms with van der Waals surface area (Å²) in [6.45, 7) is 0.390. The quantitative estimate of drug-likeness (QED) is 0.170. The van der Waals surface area contributed by atoms with Crippen molar-refractivity contribution >= 4 is 34.3 Å². The van der Waals surface area contributed by atoms with Gasteiger partial charge in [0.1, 0.15) is 11.5 Å². The van der Waals surface area contributed by atoms with Gasteiger partial charge in [0.25, 0.3) is 0 Å². The molecule has 9 nitrogen and oxygen atoms in total. The van der Waals surface area contributed by atoms with E-state index in [0.29, 0.717) is 58.4 Å². The van der Waals surface area contributed by atoms with Crippen molar-refractivity contribution in [3.8, 4) is 11.5 Å². The Kier molecular flexibility index (Phi) is 10.0. The molecule has 2 aromatic carbocycles. The average Bonchev–Trinajstić information content (AvgIpc) is 2.80. The van der Waals surface area contributed by atoms with E-state index < -0.39 is 17.0 Å². The Morgan fingerprint density at radius 1 is 0.970 bits per heavy atom. The fourth-order valence-corrected chi connectivity index (χ4v) is 3.85. The highest BCUT2D eigenvalue weighted by Gasteiger charge is 2.22. The highest BCUT2D eigenvalue weighted by Crippen LogP contribution is 2.38. The number of carbonyl (C=O) groups is 1.